The normalized spacial score (nSPS) is 17.0. The number of nitrogens with one attached hydrogen (secondary N) is 1. The Balaban J connectivity index is 1.86. The van der Waals surface area contributed by atoms with Crippen molar-refractivity contribution in [2.75, 3.05) is 23.3 Å². The topological polar surface area (TPSA) is 75.9 Å². The van der Waals surface area contributed by atoms with Gasteiger partial charge >= 0.3 is 0 Å². The Kier molecular flexibility index (Phi) is 4.02. The van der Waals surface area contributed by atoms with E-state index in [0.717, 1.165) is 22.3 Å². The molecule has 8 heteroatoms. The van der Waals surface area contributed by atoms with Gasteiger partial charge in [0.05, 0.1) is 24.5 Å². The fourth-order valence-corrected chi connectivity index (χ4v) is 3.24. The summed E-state index contributed by atoms with van der Waals surface area (Å²) < 4.78 is 15.5. The molecule has 4 rings (SSSR count). The third kappa shape index (κ3) is 3.10. The standard InChI is InChI=1S/C18H19FN6O/c1-11(26)22-17-6-12-5-15(13-7-21-24(2)9-13)18(23-16(12)8-20-17)25-4-3-14(19)10-25/h5-9,14H,3-4,10H2,1-2H3,(H,20,22,26)/t14-/m0/s1. The molecule has 0 aromatic carbocycles. The first-order valence-corrected chi connectivity index (χ1v) is 8.46. The molecular formula is C18H19FN6O. The van der Waals surface area contributed by atoms with Gasteiger partial charge in [-0.25, -0.2) is 14.4 Å². The molecule has 0 unspecified atom stereocenters. The van der Waals surface area contributed by atoms with E-state index in [4.69, 9.17) is 4.98 Å². The number of amides is 1. The van der Waals surface area contributed by atoms with Crippen LogP contribution in [0.5, 0.6) is 0 Å². The van der Waals surface area contributed by atoms with Crippen LogP contribution in [0.2, 0.25) is 0 Å². The van der Waals surface area contributed by atoms with E-state index >= 15 is 0 Å². The van der Waals surface area contributed by atoms with Crippen LogP contribution >= 0.6 is 0 Å². The molecule has 0 bridgehead atoms. The first kappa shape index (κ1) is 16.4. The highest BCUT2D eigenvalue weighted by atomic mass is 19.1. The number of aryl methyl sites for hydroxylation is 1. The molecule has 1 atom stereocenters. The zero-order chi connectivity index (χ0) is 18.3. The summed E-state index contributed by atoms with van der Waals surface area (Å²) in [6.45, 7) is 2.41. The smallest absolute Gasteiger partial charge is 0.222 e. The minimum Gasteiger partial charge on any atom is -0.353 e. The highest BCUT2D eigenvalue weighted by Crippen LogP contribution is 2.34. The van der Waals surface area contributed by atoms with Crippen LogP contribution in [0.1, 0.15) is 13.3 Å². The zero-order valence-corrected chi connectivity index (χ0v) is 14.6. The van der Waals surface area contributed by atoms with Crippen molar-refractivity contribution in [1.82, 2.24) is 19.7 Å². The van der Waals surface area contributed by atoms with Crippen LogP contribution in [0.15, 0.2) is 30.7 Å². The molecule has 1 aliphatic rings. The maximum Gasteiger partial charge on any atom is 0.222 e. The van der Waals surface area contributed by atoms with Gasteiger partial charge in [0.15, 0.2) is 0 Å². The van der Waals surface area contributed by atoms with Crippen LogP contribution in [0, 0.1) is 0 Å². The number of carbonyl (C=O) groups excluding carboxylic acids is 1. The molecule has 0 radical (unpaired) electrons. The number of anilines is 2. The number of pyridine rings is 2. The number of nitrogens with zero attached hydrogens (tertiary/aromatic N) is 5. The van der Waals surface area contributed by atoms with Crippen molar-refractivity contribution in [2.24, 2.45) is 7.05 Å². The van der Waals surface area contributed by atoms with Crippen LogP contribution < -0.4 is 10.2 Å². The van der Waals surface area contributed by atoms with Crippen molar-refractivity contribution < 1.29 is 9.18 Å². The molecule has 26 heavy (non-hydrogen) atoms. The average molecular weight is 354 g/mol. The first-order valence-electron chi connectivity index (χ1n) is 8.46. The van der Waals surface area contributed by atoms with Gasteiger partial charge in [0.25, 0.3) is 0 Å². The molecule has 4 heterocycles. The quantitative estimate of drug-likeness (QED) is 0.782. The molecule has 0 saturated carbocycles. The Morgan fingerprint density at radius 2 is 2.19 bits per heavy atom. The SMILES string of the molecule is CC(=O)Nc1cc2cc(-c3cnn(C)c3)c(N3CC[C@H](F)C3)nc2cn1. The van der Waals surface area contributed by atoms with Gasteiger partial charge in [0.1, 0.15) is 17.8 Å². The summed E-state index contributed by atoms with van der Waals surface area (Å²) in [5.41, 5.74) is 2.50. The van der Waals surface area contributed by atoms with Gasteiger partial charge < -0.3 is 10.2 Å². The number of hydrogen-bond acceptors (Lipinski definition) is 5. The lowest BCUT2D eigenvalue weighted by Crippen LogP contribution is -2.22. The molecule has 1 aliphatic heterocycles. The van der Waals surface area contributed by atoms with Gasteiger partial charge in [-0.05, 0) is 18.6 Å². The van der Waals surface area contributed by atoms with Crippen molar-refractivity contribution in [3.8, 4) is 11.1 Å². The summed E-state index contributed by atoms with van der Waals surface area (Å²) in [5.74, 6) is 1.03. The molecule has 3 aromatic heterocycles. The number of alkyl halides is 1. The maximum absolute atomic E-state index is 13.7. The van der Waals surface area contributed by atoms with Crippen molar-refractivity contribution in [3.63, 3.8) is 0 Å². The highest BCUT2D eigenvalue weighted by Gasteiger charge is 2.26. The minimum atomic E-state index is -0.838. The lowest BCUT2D eigenvalue weighted by Gasteiger charge is -2.20. The molecule has 0 spiro atoms. The third-order valence-electron chi connectivity index (χ3n) is 4.43. The van der Waals surface area contributed by atoms with E-state index < -0.39 is 6.17 Å². The van der Waals surface area contributed by atoms with Crippen molar-refractivity contribution >= 4 is 28.4 Å². The molecule has 7 nitrogen and oxygen atoms in total. The zero-order valence-electron chi connectivity index (χ0n) is 14.6. The van der Waals surface area contributed by atoms with Crippen LogP contribution in [0.3, 0.4) is 0 Å². The van der Waals surface area contributed by atoms with E-state index in [-0.39, 0.29) is 5.91 Å². The number of hydrogen-bond donors (Lipinski definition) is 1. The summed E-state index contributed by atoms with van der Waals surface area (Å²) in [7, 11) is 1.85. The molecule has 1 N–H and O–H groups in total. The van der Waals surface area contributed by atoms with E-state index in [1.165, 1.54) is 6.92 Å². The molecule has 1 saturated heterocycles. The predicted molar refractivity (Wildman–Crippen MR) is 97.8 cm³/mol. The van der Waals surface area contributed by atoms with Gasteiger partial charge in [-0.3, -0.25) is 9.48 Å². The fourth-order valence-electron chi connectivity index (χ4n) is 3.24. The third-order valence-corrected chi connectivity index (χ3v) is 4.43. The summed E-state index contributed by atoms with van der Waals surface area (Å²) >= 11 is 0. The number of fused-ring (bicyclic) bond motifs is 1. The van der Waals surface area contributed by atoms with E-state index in [1.807, 2.05) is 24.2 Å². The fraction of sp³-hybridized carbons (Fsp3) is 0.333. The molecule has 1 fully saturated rings. The Morgan fingerprint density at radius 3 is 2.85 bits per heavy atom. The number of rotatable bonds is 3. The highest BCUT2D eigenvalue weighted by molar-refractivity contribution is 5.93. The van der Waals surface area contributed by atoms with Crippen molar-refractivity contribution in [3.05, 3.63) is 30.7 Å². The van der Waals surface area contributed by atoms with Crippen LogP contribution in [-0.2, 0) is 11.8 Å². The summed E-state index contributed by atoms with van der Waals surface area (Å²) in [6.07, 6.45) is 4.97. The van der Waals surface area contributed by atoms with Gasteiger partial charge in [-0.1, -0.05) is 0 Å². The maximum atomic E-state index is 13.7. The Morgan fingerprint density at radius 1 is 1.35 bits per heavy atom. The van der Waals surface area contributed by atoms with Gasteiger partial charge in [-0.15, -0.1) is 0 Å². The molecule has 134 valence electrons. The average Bonchev–Trinajstić information content (AvgIpc) is 3.21. The summed E-state index contributed by atoms with van der Waals surface area (Å²) in [5, 5.41) is 7.77. The molecule has 0 aliphatic carbocycles. The second kappa shape index (κ2) is 6.36. The Labute approximate surface area is 149 Å². The molecular weight excluding hydrogens is 335 g/mol. The Hall–Kier alpha value is -3.03. The predicted octanol–water partition coefficient (Wildman–Crippen LogP) is 2.54. The number of carbonyl (C=O) groups is 1. The van der Waals surface area contributed by atoms with E-state index in [9.17, 15) is 9.18 Å². The second-order valence-corrected chi connectivity index (χ2v) is 6.54. The first-order chi connectivity index (χ1) is 12.5. The second-order valence-electron chi connectivity index (χ2n) is 6.54. The van der Waals surface area contributed by atoms with E-state index in [2.05, 4.69) is 15.4 Å². The number of halogens is 1. The van der Waals surface area contributed by atoms with Gasteiger partial charge in [0, 0.05) is 43.2 Å². The van der Waals surface area contributed by atoms with Gasteiger partial charge in [0.2, 0.25) is 5.91 Å². The summed E-state index contributed by atoms with van der Waals surface area (Å²) in [4.78, 5) is 22.2. The van der Waals surface area contributed by atoms with Crippen LogP contribution in [0.4, 0.5) is 16.0 Å². The molecule has 3 aromatic rings. The van der Waals surface area contributed by atoms with Crippen molar-refractivity contribution in [1.29, 1.82) is 0 Å². The lowest BCUT2D eigenvalue weighted by molar-refractivity contribution is -0.114. The van der Waals surface area contributed by atoms with Crippen LogP contribution in [-0.4, -0.2) is 44.9 Å². The van der Waals surface area contributed by atoms with E-state index in [1.54, 1.807) is 23.1 Å². The molecule has 1 amide bonds. The number of aromatic nitrogens is 4. The van der Waals surface area contributed by atoms with E-state index in [0.29, 0.717) is 30.8 Å². The monoisotopic (exact) mass is 354 g/mol. The van der Waals surface area contributed by atoms with Crippen molar-refractivity contribution in [2.45, 2.75) is 19.5 Å². The minimum absolute atomic E-state index is 0.181. The van der Waals surface area contributed by atoms with Gasteiger partial charge in [-0.2, -0.15) is 5.10 Å². The Bertz CT molecular complexity index is 985. The largest absolute Gasteiger partial charge is 0.353 e. The van der Waals surface area contributed by atoms with Crippen LogP contribution in [0.25, 0.3) is 22.0 Å². The lowest BCUT2D eigenvalue weighted by atomic mass is 10.1. The summed E-state index contributed by atoms with van der Waals surface area (Å²) in [6, 6.07) is 3.78.